The molecule has 6 heteroatoms. The van der Waals surface area contributed by atoms with Gasteiger partial charge in [-0.05, 0) is 45.2 Å². The summed E-state index contributed by atoms with van der Waals surface area (Å²) < 4.78 is 4.66. The molecule has 0 radical (unpaired) electrons. The van der Waals surface area contributed by atoms with Crippen LogP contribution >= 0.6 is 0 Å². The molecule has 1 rings (SSSR count). The molecule has 22 heavy (non-hydrogen) atoms. The summed E-state index contributed by atoms with van der Waals surface area (Å²) in [5.41, 5.74) is 0. The number of hydrogen-bond donors (Lipinski definition) is 2. The zero-order valence-corrected chi connectivity index (χ0v) is 14.0. The molecule has 0 bridgehead atoms. The molecule has 1 saturated heterocycles. The van der Waals surface area contributed by atoms with E-state index in [4.69, 9.17) is 0 Å². The van der Waals surface area contributed by atoms with Crippen molar-refractivity contribution in [1.29, 1.82) is 0 Å². The lowest BCUT2D eigenvalue weighted by molar-refractivity contribution is -0.140. The maximum Gasteiger partial charge on any atom is 0.305 e. The molecule has 1 atom stereocenters. The first-order valence-electron chi connectivity index (χ1n) is 8.46. The summed E-state index contributed by atoms with van der Waals surface area (Å²) in [5, 5.41) is 6.67. The lowest BCUT2D eigenvalue weighted by Gasteiger charge is -2.21. The van der Waals surface area contributed by atoms with Crippen molar-refractivity contribution in [2.24, 2.45) is 0 Å². The second-order valence-corrected chi connectivity index (χ2v) is 5.78. The van der Waals surface area contributed by atoms with Crippen LogP contribution in [0.25, 0.3) is 0 Å². The highest BCUT2D eigenvalue weighted by Gasteiger charge is 2.19. The average molecular weight is 313 g/mol. The molecule has 6 nitrogen and oxygen atoms in total. The fraction of sp³-hybridized carbons (Fsp3) is 0.875. The molecule has 128 valence electrons. The average Bonchev–Trinajstić information content (AvgIpc) is 3.06. The summed E-state index contributed by atoms with van der Waals surface area (Å²) in [7, 11) is 1.41. The van der Waals surface area contributed by atoms with Gasteiger partial charge in [-0.15, -0.1) is 0 Å². The van der Waals surface area contributed by atoms with E-state index in [1.165, 1.54) is 7.11 Å². The van der Waals surface area contributed by atoms with Gasteiger partial charge in [0.2, 0.25) is 5.91 Å². The Kier molecular flexibility index (Phi) is 9.82. The molecule has 0 aromatic rings. The van der Waals surface area contributed by atoms with E-state index in [-0.39, 0.29) is 17.9 Å². The molecule has 0 aliphatic carbocycles. The number of nitrogens with one attached hydrogen (secondary N) is 2. The minimum absolute atomic E-state index is 0.168. The minimum atomic E-state index is -0.168. The van der Waals surface area contributed by atoms with Crippen LogP contribution in [0, 0.1) is 0 Å². The molecule has 1 fully saturated rings. The summed E-state index contributed by atoms with van der Waals surface area (Å²) >= 11 is 0. The van der Waals surface area contributed by atoms with E-state index < -0.39 is 0 Å². The van der Waals surface area contributed by atoms with Gasteiger partial charge in [0.1, 0.15) is 0 Å². The topological polar surface area (TPSA) is 70.7 Å². The quantitative estimate of drug-likeness (QED) is 0.438. The molecular weight excluding hydrogens is 282 g/mol. The third-order valence-corrected chi connectivity index (χ3v) is 4.08. The first-order chi connectivity index (χ1) is 10.7. The summed E-state index contributed by atoms with van der Waals surface area (Å²) in [6.07, 6.45) is 5.31. The summed E-state index contributed by atoms with van der Waals surface area (Å²) in [6.45, 7) is 6.13. The Labute approximate surface area is 134 Å². The molecular formula is C16H31N3O3. The highest BCUT2D eigenvalue weighted by molar-refractivity contribution is 5.78. The third kappa shape index (κ3) is 7.75. The molecule has 2 N–H and O–H groups in total. The van der Waals surface area contributed by atoms with Gasteiger partial charge in [0.25, 0.3) is 0 Å². The van der Waals surface area contributed by atoms with E-state index in [0.29, 0.717) is 13.0 Å². The molecule has 0 spiro atoms. The lowest BCUT2D eigenvalue weighted by atomic mass is 10.1. The van der Waals surface area contributed by atoms with E-state index in [9.17, 15) is 9.59 Å². The first-order valence-corrected chi connectivity index (χ1v) is 8.46. The van der Waals surface area contributed by atoms with Gasteiger partial charge in [-0.25, -0.2) is 0 Å². The van der Waals surface area contributed by atoms with Crippen molar-refractivity contribution in [3.63, 3.8) is 0 Å². The van der Waals surface area contributed by atoms with Crippen LogP contribution in [0.2, 0.25) is 0 Å². The SMILES string of the molecule is CCNCCC(CCCC(=O)OC)NCC(=O)N1CCCC1. The van der Waals surface area contributed by atoms with Crippen molar-refractivity contribution >= 4 is 11.9 Å². The fourth-order valence-electron chi connectivity index (χ4n) is 2.71. The van der Waals surface area contributed by atoms with Crippen molar-refractivity contribution in [2.75, 3.05) is 39.8 Å². The molecule has 0 saturated carbocycles. The minimum Gasteiger partial charge on any atom is -0.469 e. The van der Waals surface area contributed by atoms with Crippen LogP contribution in [-0.2, 0) is 14.3 Å². The van der Waals surface area contributed by atoms with Crippen LogP contribution in [0.3, 0.4) is 0 Å². The van der Waals surface area contributed by atoms with Gasteiger partial charge in [0.15, 0.2) is 0 Å². The van der Waals surface area contributed by atoms with Crippen LogP contribution in [0.1, 0.15) is 45.4 Å². The largest absolute Gasteiger partial charge is 0.469 e. The van der Waals surface area contributed by atoms with E-state index in [1.807, 2.05) is 4.90 Å². The van der Waals surface area contributed by atoms with Gasteiger partial charge < -0.3 is 20.3 Å². The number of methoxy groups -OCH3 is 1. The molecule has 0 aromatic heterocycles. The smallest absolute Gasteiger partial charge is 0.305 e. The first kappa shape index (κ1) is 18.9. The maximum atomic E-state index is 12.1. The number of esters is 1. The summed E-state index contributed by atoms with van der Waals surface area (Å²) in [4.78, 5) is 25.2. The Morgan fingerprint density at radius 3 is 2.59 bits per heavy atom. The van der Waals surface area contributed by atoms with Crippen LogP contribution < -0.4 is 10.6 Å². The number of amides is 1. The Morgan fingerprint density at radius 2 is 1.95 bits per heavy atom. The lowest BCUT2D eigenvalue weighted by Crippen LogP contribution is -2.41. The number of rotatable bonds is 11. The second-order valence-electron chi connectivity index (χ2n) is 5.78. The van der Waals surface area contributed by atoms with Crippen LogP contribution in [0.4, 0.5) is 0 Å². The number of ether oxygens (including phenoxy) is 1. The van der Waals surface area contributed by atoms with Crippen LogP contribution in [0.5, 0.6) is 0 Å². The molecule has 1 heterocycles. The predicted molar refractivity (Wildman–Crippen MR) is 86.6 cm³/mol. The van der Waals surface area contributed by atoms with Crippen molar-refractivity contribution < 1.29 is 14.3 Å². The van der Waals surface area contributed by atoms with Crippen molar-refractivity contribution in [3.8, 4) is 0 Å². The molecule has 1 aliphatic rings. The van der Waals surface area contributed by atoms with Gasteiger partial charge >= 0.3 is 5.97 Å². The zero-order chi connectivity index (χ0) is 16.2. The Balaban J connectivity index is 2.29. The highest BCUT2D eigenvalue weighted by atomic mass is 16.5. The number of nitrogens with zero attached hydrogens (tertiary/aromatic N) is 1. The normalized spacial score (nSPS) is 15.8. The van der Waals surface area contributed by atoms with Crippen molar-refractivity contribution in [3.05, 3.63) is 0 Å². The van der Waals surface area contributed by atoms with Gasteiger partial charge in [-0.1, -0.05) is 6.92 Å². The highest BCUT2D eigenvalue weighted by Crippen LogP contribution is 2.08. The molecule has 1 unspecified atom stereocenters. The number of carbonyl (C=O) groups excluding carboxylic acids is 2. The van der Waals surface area contributed by atoms with Crippen molar-refractivity contribution in [1.82, 2.24) is 15.5 Å². The molecule has 0 aromatic carbocycles. The fourth-order valence-corrected chi connectivity index (χ4v) is 2.71. The standard InChI is InChI=1S/C16H31N3O3/c1-3-17-10-9-14(7-6-8-16(21)22-2)18-13-15(20)19-11-4-5-12-19/h14,17-18H,3-13H2,1-2H3. The number of carbonyl (C=O) groups is 2. The van der Waals surface area contributed by atoms with Crippen LogP contribution in [-0.4, -0.2) is 62.7 Å². The maximum absolute atomic E-state index is 12.1. The van der Waals surface area contributed by atoms with Gasteiger partial charge in [-0.2, -0.15) is 0 Å². The Hall–Kier alpha value is -1.14. The van der Waals surface area contributed by atoms with Gasteiger partial charge in [0, 0.05) is 25.6 Å². The molecule has 1 aliphatic heterocycles. The number of likely N-dealkylation sites (tertiary alicyclic amines) is 1. The summed E-state index contributed by atoms with van der Waals surface area (Å²) in [6, 6.07) is 0.259. The number of hydrogen-bond acceptors (Lipinski definition) is 5. The Morgan fingerprint density at radius 1 is 1.23 bits per heavy atom. The van der Waals surface area contributed by atoms with Gasteiger partial charge in [-0.3, -0.25) is 9.59 Å². The zero-order valence-electron chi connectivity index (χ0n) is 14.0. The van der Waals surface area contributed by atoms with E-state index in [1.54, 1.807) is 0 Å². The molecule has 1 amide bonds. The van der Waals surface area contributed by atoms with Crippen molar-refractivity contribution in [2.45, 2.75) is 51.5 Å². The monoisotopic (exact) mass is 313 g/mol. The van der Waals surface area contributed by atoms with Crippen LogP contribution in [0.15, 0.2) is 0 Å². The van der Waals surface area contributed by atoms with E-state index in [0.717, 1.165) is 58.3 Å². The Bertz CT molecular complexity index is 331. The predicted octanol–water partition coefficient (Wildman–Crippen LogP) is 0.910. The second kappa shape index (κ2) is 11.4. The van der Waals surface area contributed by atoms with Gasteiger partial charge in [0.05, 0.1) is 13.7 Å². The van der Waals surface area contributed by atoms with E-state index in [2.05, 4.69) is 22.3 Å². The third-order valence-electron chi connectivity index (χ3n) is 4.08. The summed E-state index contributed by atoms with van der Waals surface area (Å²) in [5.74, 6) is 0.0255. The van der Waals surface area contributed by atoms with E-state index >= 15 is 0 Å².